The van der Waals surface area contributed by atoms with Gasteiger partial charge in [-0.15, -0.1) is 0 Å². The summed E-state index contributed by atoms with van der Waals surface area (Å²) in [7, 11) is 1.37. The summed E-state index contributed by atoms with van der Waals surface area (Å²) in [5, 5.41) is 2.65. The third kappa shape index (κ3) is 7.05. The van der Waals surface area contributed by atoms with Crippen LogP contribution in [0.4, 0.5) is 0 Å². The monoisotopic (exact) mass is 173 g/mol. The Hall–Kier alpha value is -1.06. The summed E-state index contributed by atoms with van der Waals surface area (Å²) in [6.07, 6.45) is 2.00. The van der Waals surface area contributed by atoms with E-state index >= 15 is 0 Å². The number of methoxy groups -OCH3 is 1. The highest BCUT2D eigenvalue weighted by Gasteiger charge is 1.98. The van der Waals surface area contributed by atoms with Gasteiger partial charge >= 0.3 is 5.97 Å². The summed E-state index contributed by atoms with van der Waals surface area (Å²) in [6, 6.07) is 0. The smallest absolute Gasteiger partial charge is 0.305 e. The molecule has 0 bridgehead atoms. The molecular weight excluding hydrogens is 158 g/mol. The first-order valence-corrected chi connectivity index (χ1v) is 3.98. The van der Waals surface area contributed by atoms with Crippen molar-refractivity contribution in [2.45, 2.75) is 26.2 Å². The van der Waals surface area contributed by atoms with Crippen molar-refractivity contribution in [1.82, 2.24) is 5.32 Å². The highest BCUT2D eigenvalue weighted by molar-refractivity contribution is 5.72. The van der Waals surface area contributed by atoms with E-state index in [9.17, 15) is 9.59 Å². The molecular formula is C8H15NO3. The second kappa shape index (κ2) is 6.64. The number of esters is 1. The van der Waals surface area contributed by atoms with E-state index in [1.807, 2.05) is 0 Å². The molecule has 0 heterocycles. The van der Waals surface area contributed by atoms with Crippen molar-refractivity contribution < 1.29 is 14.3 Å². The SMILES string of the molecule is COC(=O)CCCCNC(C)=O. The van der Waals surface area contributed by atoms with E-state index in [0.717, 1.165) is 12.8 Å². The van der Waals surface area contributed by atoms with Gasteiger partial charge in [-0.3, -0.25) is 9.59 Å². The van der Waals surface area contributed by atoms with Crippen molar-refractivity contribution in [3.05, 3.63) is 0 Å². The molecule has 1 N–H and O–H groups in total. The van der Waals surface area contributed by atoms with E-state index in [1.165, 1.54) is 14.0 Å². The third-order valence-corrected chi connectivity index (χ3v) is 1.41. The van der Waals surface area contributed by atoms with Gasteiger partial charge in [-0.2, -0.15) is 0 Å². The minimum absolute atomic E-state index is 0.0342. The largest absolute Gasteiger partial charge is 0.469 e. The van der Waals surface area contributed by atoms with Gasteiger partial charge in [0.1, 0.15) is 0 Å². The van der Waals surface area contributed by atoms with Crippen LogP contribution in [-0.2, 0) is 14.3 Å². The van der Waals surface area contributed by atoms with Gasteiger partial charge in [-0.1, -0.05) is 0 Å². The summed E-state index contributed by atoms with van der Waals surface area (Å²) in [6.45, 7) is 2.10. The van der Waals surface area contributed by atoms with E-state index in [2.05, 4.69) is 10.1 Å². The molecule has 0 atom stereocenters. The summed E-state index contributed by atoms with van der Waals surface area (Å²) < 4.78 is 4.45. The zero-order valence-corrected chi connectivity index (χ0v) is 7.55. The van der Waals surface area contributed by atoms with Crippen LogP contribution in [0.15, 0.2) is 0 Å². The van der Waals surface area contributed by atoms with Gasteiger partial charge in [-0.25, -0.2) is 0 Å². The first-order chi connectivity index (χ1) is 5.66. The molecule has 0 saturated heterocycles. The first kappa shape index (κ1) is 10.9. The number of carbonyl (C=O) groups excluding carboxylic acids is 2. The molecule has 0 aromatic rings. The molecule has 0 aliphatic rings. The van der Waals surface area contributed by atoms with Gasteiger partial charge in [0, 0.05) is 19.9 Å². The lowest BCUT2D eigenvalue weighted by Crippen LogP contribution is -2.20. The number of ether oxygens (including phenoxy) is 1. The molecule has 0 aromatic heterocycles. The third-order valence-electron chi connectivity index (χ3n) is 1.41. The lowest BCUT2D eigenvalue weighted by Gasteiger charge is -2.00. The molecule has 0 fully saturated rings. The predicted octanol–water partition coefficient (Wildman–Crippen LogP) is 0.466. The first-order valence-electron chi connectivity index (χ1n) is 3.98. The minimum Gasteiger partial charge on any atom is -0.469 e. The van der Waals surface area contributed by atoms with E-state index in [4.69, 9.17) is 0 Å². The summed E-state index contributed by atoms with van der Waals surface area (Å²) in [4.78, 5) is 21.0. The molecule has 0 spiro atoms. The topological polar surface area (TPSA) is 55.4 Å². The van der Waals surface area contributed by atoms with Crippen molar-refractivity contribution in [2.24, 2.45) is 0 Å². The molecule has 4 heteroatoms. The lowest BCUT2D eigenvalue weighted by atomic mass is 10.2. The molecule has 70 valence electrons. The fourth-order valence-electron chi connectivity index (χ4n) is 0.761. The van der Waals surface area contributed by atoms with Crippen molar-refractivity contribution in [3.63, 3.8) is 0 Å². The number of nitrogens with one attached hydrogen (secondary N) is 1. The van der Waals surface area contributed by atoms with Crippen molar-refractivity contribution in [3.8, 4) is 0 Å². The van der Waals surface area contributed by atoms with Gasteiger partial charge in [0.2, 0.25) is 5.91 Å². The zero-order chi connectivity index (χ0) is 9.40. The number of rotatable bonds is 5. The molecule has 0 unspecified atom stereocenters. The summed E-state index contributed by atoms with van der Waals surface area (Å²) in [5.41, 5.74) is 0. The van der Waals surface area contributed by atoms with Gasteiger partial charge in [-0.05, 0) is 12.8 Å². The molecule has 0 radical (unpaired) electrons. The Balaban J connectivity index is 3.11. The Morgan fingerprint density at radius 1 is 1.33 bits per heavy atom. The quantitative estimate of drug-likeness (QED) is 0.485. The normalized spacial score (nSPS) is 9.17. The van der Waals surface area contributed by atoms with Gasteiger partial charge in [0.25, 0.3) is 0 Å². The Kier molecular flexibility index (Phi) is 6.05. The second-order valence-electron chi connectivity index (χ2n) is 2.52. The van der Waals surface area contributed by atoms with Crippen LogP contribution in [0.25, 0.3) is 0 Å². The Labute approximate surface area is 72.3 Å². The average Bonchev–Trinajstić information content (AvgIpc) is 2.03. The summed E-state index contributed by atoms with van der Waals surface area (Å²) in [5.74, 6) is -0.231. The number of carbonyl (C=O) groups is 2. The van der Waals surface area contributed by atoms with Crippen LogP contribution >= 0.6 is 0 Å². The number of unbranched alkanes of at least 4 members (excludes halogenated alkanes) is 1. The molecule has 0 saturated carbocycles. The van der Waals surface area contributed by atoms with Crippen LogP contribution in [0.5, 0.6) is 0 Å². The highest BCUT2D eigenvalue weighted by atomic mass is 16.5. The zero-order valence-electron chi connectivity index (χ0n) is 7.55. The number of hydrogen-bond acceptors (Lipinski definition) is 3. The molecule has 0 aliphatic heterocycles. The van der Waals surface area contributed by atoms with E-state index in [0.29, 0.717) is 13.0 Å². The maximum Gasteiger partial charge on any atom is 0.305 e. The van der Waals surface area contributed by atoms with Gasteiger partial charge < -0.3 is 10.1 Å². The van der Waals surface area contributed by atoms with Crippen LogP contribution in [0.1, 0.15) is 26.2 Å². The van der Waals surface area contributed by atoms with Crippen LogP contribution in [0.2, 0.25) is 0 Å². The lowest BCUT2D eigenvalue weighted by molar-refractivity contribution is -0.140. The highest BCUT2D eigenvalue weighted by Crippen LogP contribution is 1.95. The maximum absolute atomic E-state index is 10.6. The molecule has 0 rings (SSSR count). The van der Waals surface area contributed by atoms with Crippen molar-refractivity contribution in [1.29, 1.82) is 0 Å². The van der Waals surface area contributed by atoms with Crippen LogP contribution in [0.3, 0.4) is 0 Å². The fourth-order valence-corrected chi connectivity index (χ4v) is 0.761. The molecule has 1 amide bonds. The standard InChI is InChI=1S/C8H15NO3/c1-7(10)9-6-4-3-5-8(11)12-2/h3-6H2,1-2H3,(H,9,10). The van der Waals surface area contributed by atoms with E-state index in [-0.39, 0.29) is 11.9 Å². The van der Waals surface area contributed by atoms with E-state index < -0.39 is 0 Å². The maximum atomic E-state index is 10.6. The van der Waals surface area contributed by atoms with Crippen molar-refractivity contribution >= 4 is 11.9 Å². The number of hydrogen-bond donors (Lipinski definition) is 1. The summed E-state index contributed by atoms with van der Waals surface area (Å²) >= 11 is 0. The average molecular weight is 173 g/mol. The fraction of sp³-hybridized carbons (Fsp3) is 0.750. The van der Waals surface area contributed by atoms with Crippen LogP contribution < -0.4 is 5.32 Å². The second-order valence-corrected chi connectivity index (χ2v) is 2.52. The van der Waals surface area contributed by atoms with Gasteiger partial charge in [0.05, 0.1) is 7.11 Å². The number of amides is 1. The Bertz CT molecular complexity index is 156. The predicted molar refractivity (Wildman–Crippen MR) is 44.6 cm³/mol. The molecule has 12 heavy (non-hydrogen) atoms. The van der Waals surface area contributed by atoms with E-state index in [1.54, 1.807) is 0 Å². The Morgan fingerprint density at radius 3 is 2.50 bits per heavy atom. The van der Waals surface area contributed by atoms with Crippen LogP contribution in [-0.4, -0.2) is 25.5 Å². The molecule has 0 aliphatic carbocycles. The van der Waals surface area contributed by atoms with Crippen molar-refractivity contribution in [2.75, 3.05) is 13.7 Å². The van der Waals surface area contributed by atoms with Gasteiger partial charge in [0.15, 0.2) is 0 Å². The Morgan fingerprint density at radius 2 is 2.00 bits per heavy atom. The van der Waals surface area contributed by atoms with Crippen LogP contribution in [0, 0.1) is 0 Å². The minimum atomic E-state index is -0.196. The molecule has 0 aromatic carbocycles. The molecule has 4 nitrogen and oxygen atoms in total.